The van der Waals surface area contributed by atoms with E-state index < -0.39 is 0 Å². The molecule has 27 heavy (non-hydrogen) atoms. The first-order valence-corrected chi connectivity index (χ1v) is 10.4. The number of hydrogen-bond acceptors (Lipinski definition) is 8. The van der Waals surface area contributed by atoms with Crippen molar-refractivity contribution in [1.29, 1.82) is 0 Å². The number of rotatable bonds is 7. The van der Waals surface area contributed by atoms with Crippen molar-refractivity contribution in [2.24, 2.45) is 0 Å². The zero-order valence-electron chi connectivity index (χ0n) is 15.0. The van der Waals surface area contributed by atoms with E-state index in [4.69, 9.17) is 4.52 Å². The van der Waals surface area contributed by atoms with Gasteiger partial charge in [0.25, 0.3) is 0 Å². The summed E-state index contributed by atoms with van der Waals surface area (Å²) in [7, 11) is 0. The minimum absolute atomic E-state index is 0.659. The first-order valence-electron chi connectivity index (χ1n) is 8.56. The zero-order valence-corrected chi connectivity index (χ0v) is 16.6. The molecule has 3 heterocycles. The first-order chi connectivity index (χ1) is 13.2. The first kappa shape index (κ1) is 17.9. The average molecular weight is 399 g/mol. The molecular formula is C18H18N6OS2. The van der Waals surface area contributed by atoms with Gasteiger partial charge in [-0.2, -0.15) is 9.67 Å². The molecule has 0 unspecified atom stereocenters. The molecule has 0 amide bonds. The molecule has 0 N–H and O–H groups in total. The van der Waals surface area contributed by atoms with E-state index in [1.807, 2.05) is 23.6 Å². The molecule has 0 aliphatic heterocycles. The van der Waals surface area contributed by atoms with Crippen molar-refractivity contribution in [3.8, 4) is 16.4 Å². The molecule has 0 saturated heterocycles. The van der Waals surface area contributed by atoms with E-state index in [1.54, 1.807) is 27.8 Å². The predicted octanol–water partition coefficient (Wildman–Crippen LogP) is 4.12. The van der Waals surface area contributed by atoms with Crippen molar-refractivity contribution in [2.75, 3.05) is 5.75 Å². The van der Waals surface area contributed by atoms with Crippen LogP contribution in [0.4, 0.5) is 0 Å². The van der Waals surface area contributed by atoms with Gasteiger partial charge in [0.05, 0.1) is 10.6 Å². The lowest BCUT2D eigenvalue weighted by Gasteiger charge is -2.06. The summed E-state index contributed by atoms with van der Waals surface area (Å²) in [5, 5.41) is 18.9. The topological polar surface area (TPSA) is 82.5 Å². The highest BCUT2D eigenvalue weighted by molar-refractivity contribution is 7.99. The van der Waals surface area contributed by atoms with Gasteiger partial charge in [0.1, 0.15) is 0 Å². The molecule has 0 bridgehead atoms. The minimum Gasteiger partial charge on any atom is -0.339 e. The van der Waals surface area contributed by atoms with E-state index in [0.717, 1.165) is 34.3 Å². The van der Waals surface area contributed by atoms with Crippen molar-refractivity contribution in [3.63, 3.8) is 0 Å². The Hall–Kier alpha value is -2.52. The summed E-state index contributed by atoms with van der Waals surface area (Å²) in [6, 6.07) is 10.2. The molecule has 1 aromatic carbocycles. The minimum atomic E-state index is 0.659. The normalized spacial score (nSPS) is 11.2. The van der Waals surface area contributed by atoms with Crippen LogP contribution in [0.1, 0.15) is 23.4 Å². The molecule has 9 heteroatoms. The number of nitrogens with zero attached hydrogens (tertiary/aromatic N) is 6. The third-order valence-corrected chi connectivity index (χ3v) is 6.02. The number of aromatic nitrogens is 6. The molecule has 0 saturated carbocycles. The van der Waals surface area contributed by atoms with Gasteiger partial charge in [0.2, 0.25) is 16.9 Å². The van der Waals surface area contributed by atoms with E-state index >= 15 is 0 Å². The van der Waals surface area contributed by atoms with E-state index in [9.17, 15) is 0 Å². The summed E-state index contributed by atoms with van der Waals surface area (Å²) >= 11 is 3.22. The quantitative estimate of drug-likeness (QED) is 0.342. The monoisotopic (exact) mass is 398 g/mol. The maximum Gasteiger partial charge on any atom is 0.227 e. The number of tetrazole rings is 1. The van der Waals surface area contributed by atoms with Crippen LogP contribution in [0, 0.1) is 13.8 Å². The van der Waals surface area contributed by atoms with Crippen LogP contribution in [0.25, 0.3) is 16.4 Å². The third kappa shape index (κ3) is 4.09. The lowest BCUT2D eigenvalue weighted by Crippen LogP contribution is -2.00. The Morgan fingerprint density at radius 3 is 2.93 bits per heavy atom. The van der Waals surface area contributed by atoms with Gasteiger partial charge in [0.15, 0.2) is 0 Å². The predicted molar refractivity (Wildman–Crippen MR) is 105 cm³/mol. The molecule has 0 atom stereocenters. The number of hydrogen-bond donors (Lipinski definition) is 0. The molecule has 0 spiro atoms. The van der Waals surface area contributed by atoms with Gasteiger partial charge in [-0.05, 0) is 65.4 Å². The summed E-state index contributed by atoms with van der Waals surface area (Å²) in [5.74, 6) is 2.18. The van der Waals surface area contributed by atoms with Crippen LogP contribution in [0.15, 0.2) is 45.4 Å². The van der Waals surface area contributed by atoms with Gasteiger partial charge >= 0.3 is 0 Å². The van der Waals surface area contributed by atoms with Crippen LogP contribution >= 0.6 is 23.1 Å². The van der Waals surface area contributed by atoms with Crippen LogP contribution in [0.3, 0.4) is 0 Å². The molecule has 0 aliphatic rings. The van der Waals surface area contributed by atoms with Crippen molar-refractivity contribution in [1.82, 2.24) is 30.3 Å². The highest BCUT2D eigenvalue weighted by atomic mass is 32.2. The van der Waals surface area contributed by atoms with Crippen LogP contribution in [-0.2, 0) is 6.42 Å². The summed E-state index contributed by atoms with van der Waals surface area (Å²) in [6.45, 7) is 4.18. The lowest BCUT2D eigenvalue weighted by molar-refractivity contribution is 0.378. The molecule has 4 aromatic rings. The van der Waals surface area contributed by atoms with Crippen LogP contribution < -0.4 is 0 Å². The number of thiophene rings is 1. The highest BCUT2D eigenvalue weighted by Crippen LogP contribution is 2.23. The van der Waals surface area contributed by atoms with Crippen LogP contribution in [-0.4, -0.2) is 36.1 Å². The SMILES string of the molecule is Cc1ccc(-n2nnnc2SCCCc2nc(-c3cccs3)no2)cc1C. The largest absolute Gasteiger partial charge is 0.339 e. The van der Waals surface area contributed by atoms with Gasteiger partial charge < -0.3 is 4.52 Å². The molecule has 0 aliphatic carbocycles. The fraction of sp³-hybridized carbons (Fsp3) is 0.278. The highest BCUT2D eigenvalue weighted by Gasteiger charge is 2.12. The van der Waals surface area contributed by atoms with Crippen molar-refractivity contribution >= 4 is 23.1 Å². The lowest BCUT2D eigenvalue weighted by atomic mass is 10.1. The van der Waals surface area contributed by atoms with Gasteiger partial charge in [-0.1, -0.05) is 29.1 Å². The molecule has 138 valence electrons. The maximum atomic E-state index is 5.33. The number of aryl methyl sites for hydroxylation is 3. The standard InChI is InChI=1S/C18H18N6OS2/c1-12-7-8-14(11-13(12)2)24-18(20-22-23-24)27-10-4-6-16-19-17(21-25-16)15-5-3-9-26-15/h3,5,7-9,11H,4,6,10H2,1-2H3. The van der Waals surface area contributed by atoms with Crippen LogP contribution in [0.2, 0.25) is 0 Å². The van der Waals surface area contributed by atoms with Gasteiger partial charge in [-0.3, -0.25) is 0 Å². The summed E-state index contributed by atoms with van der Waals surface area (Å²) in [5.41, 5.74) is 3.45. The Kier molecular flexibility index (Phi) is 5.30. The Balaban J connectivity index is 1.34. The Bertz CT molecular complexity index is 1020. The second-order valence-electron chi connectivity index (χ2n) is 6.08. The van der Waals surface area contributed by atoms with Gasteiger partial charge in [-0.25, -0.2) is 0 Å². The second-order valence-corrected chi connectivity index (χ2v) is 8.09. The molecule has 0 radical (unpaired) electrons. The molecule has 3 aromatic heterocycles. The zero-order chi connectivity index (χ0) is 18.6. The van der Waals surface area contributed by atoms with E-state index in [0.29, 0.717) is 11.7 Å². The average Bonchev–Trinajstić information content (AvgIpc) is 3.42. The third-order valence-electron chi connectivity index (χ3n) is 4.15. The van der Waals surface area contributed by atoms with Crippen molar-refractivity contribution < 1.29 is 4.52 Å². The molecule has 4 rings (SSSR count). The number of benzene rings is 1. The van der Waals surface area contributed by atoms with Crippen LogP contribution in [0.5, 0.6) is 0 Å². The molecule has 0 fully saturated rings. The summed E-state index contributed by atoms with van der Waals surface area (Å²) in [4.78, 5) is 5.47. The fourth-order valence-electron chi connectivity index (χ4n) is 2.54. The number of thioether (sulfide) groups is 1. The van der Waals surface area contributed by atoms with Gasteiger partial charge in [-0.15, -0.1) is 16.4 Å². The van der Waals surface area contributed by atoms with E-state index in [-0.39, 0.29) is 0 Å². The van der Waals surface area contributed by atoms with E-state index in [2.05, 4.69) is 51.6 Å². The Morgan fingerprint density at radius 2 is 2.11 bits per heavy atom. The van der Waals surface area contributed by atoms with Crippen molar-refractivity contribution in [2.45, 2.75) is 31.8 Å². The van der Waals surface area contributed by atoms with Gasteiger partial charge in [0, 0.05) is 12.2 Å². The molecular weight excluding hydrogens is 380 g/mol. The fourth-order valence-corrected chi connectivity index (χ4v) is 4.02. The summed E-state index contributed by atoms with van der Waals surface area (Å²) in [6.07, 6.45) is 1.63. The Morgan fingerprint density at radius 1 is 1.19 bits per heavy atom. The Labute approximate surface area is 164 Å². The van der Waals surface area contributed by atoms with E-state index in [1.165, 1.54) is 11.1 Å². The second kappa shape index (κ2) is 8.01. The summed E-state index contributed by atoms with van der Waals surface area (Å²) < 4.78 is 7.11. The maximum absolute atomic E-state index is 5.33. The van der Waals surface area contributed by atoms with Crippen molar-refractivity contribution in [3.05, 3.63) is 52.7 Å². The smallest absolute Gasteiger partial charge is 0.227 e. The molecule has 7 nitrogen and oxygen atoms in total.